The maximum atomic E-state index is 11.5. The minimum absolute atomic E-state index is 0.00459. The lowest BCUT2D eigenvalue weighted by molar-refractivity contribution is -0.870. The van der Waals surface area contributed by atoms with Gasteiger partial charge in [0, 0.05) is 30.0 Å². The Balaban J connectivity index is -0.000000726. The van der Waals surface area contributed by atoms with Crippen molar-refractivity contribution in [1.82, 2.24) is 16.0 Å². The highest BCUT2D eigenvalue weighted by molar-refractivity contribution is 7.45. The van der Waals surface area contributed by atoms with Gasteiger partial charge in [-0.3, -0.25) is 18.9 Å². The fourth-order valence-corrected chi connectivity index (χ4v) is 3.99. The molecule has 0 rings (SSSR count). The molecule has 0 fully saturated rings. The molecule has 0 aromatic carbocycles. The van der Waals surface area contributed by atoms with Gasteiger partial charge in [0.05, 0.1) is 115 Å². The molecule has 318 valence electrons. The predicted molar refractivity (Wildman–Crippen MR) is 207 cm³/mol. The molecule has 0 aliphatic heterocycles. The largest absolute Gasteiger partial charge is 0.756 e. The van der Waals surface area contributed by atoms with Gasteiger partial charge >= 0.3 is 0 Å². The van der Waals surface area contributed by atoms with E-state index >= 15 is 0 Å². The van der Waals surface area contributed by atoms with Crippen LogP contribution < -0.4 is 20.8 Å². The first kappa shape index (κ1) is 55.6. The standard InChI is InChI=1S/C14H29NO5.C12H27N2O5P.C10H22N2O/c1-14(2,3)15-13(16)5-6-18-9-10-20-12-11-19-8-7-17-4;1-12(2,3)13-11(15)7-9-18-20(16,17)19-10-8-14(4,5)6;1-10(2,3)9(13)11-7-8-12(4,5)6/h5-12H2,1-4H3,(H,15,16);7-10H2,1-6H3,(H-,13,15,16,17);7-8H2,1-6H3/p+1. The Hall–Kier alpha value is -1.72. The number of carbonyl (C=O) groups excluding carboxylic acids is 3. The molecule has 0 saturated heterocycles. The van der Waals surface area contributed by atoms with Gasteiger partial charge in [-0.15, -0.1) is 0 Å². The van der Waals surface area contributed by atoms with E-state index < -0.39 is 7.82 Å². The summed E-state index contributed by atoms with van der Waals surface area (Å²) in [4.78, 5) is 45.8. The normalized spacial score (nSPS) is 13.5. The number of amides is 3. The van der Waals surface area contributed by atoms with Gasteiger partial charge in [-0.1, -0.05) is 20.8 Å². The van der Waals surface area contributed by atoms with Gasteiger partial charge in [-0.2, -0.15) is 0 Å². The van der Waals surface area contributed by atoms with Crippen molar-refractivity contribution in [1.29, 1.82) is 0 Å². The summed E-state index contributed by atoms with van der Waals surface area (Å²) in [6.45, 7) is 22.9. The summed E-state index contributed by atoms with van der Waals surface area (Å²) >= 11 is 0. The number of nitrogens with zero attached hydrogens (tertiary/aromatic N) is 2. The molecule has 0 heterocycles. The molecule has 3 amide bonds. The van der Waals surface area contributed by atoms with Crippen LogP contribution >= 0.6 is 7.82 Å². The second kappa shape index (κ2) is 27.8. The Morgan fingerprint density at radius 2 is 0.962 bits per heavy atom. The SMILES string of the molecule is CC(C)(C)C(=O)NCC[N+](C)(C)C.CC(C)(C)NC(=O)CCOP(=O)([O-])OCC[N+](C)(C)C.COCCOCCOCCOCCC(=O)NC(C)(C)C. The highest BCUT2D eigenvalue weighted by Gasteiger charge is 2.21. The van der Waals surface area contributed by atoms with E-state index in [1.165, 1.54) is 0 Å². The molecule has 0 radical (unpaired) electrons. The van der Waals surface area contributed by atoms with Crippen LogP contribution in [0.5, 0.6) is 0 Å². The number of nitrogens with one attached hydrogen (secondary N) is 3. The van der Waals surface area contributed by atoms with Gasteiger partial charge in [-0.05, 0) is 41.5 Å². The number of quaternary nitrogens is 2. The summed E-state index contributed by atoms with van der Waals surface area (Å²) < 4.78 is 43.0. The Morgan fingerprint density at radius 3 is 1.34 bits per heavy atom. The molecular weight excluding hydrogens is 709 g/mol. The van der Waals surface area contributed by atoms with E-state index in [-0.39, 0.29) is 53.8 Å². The van der Waals surface area contributed by atoms with Crippen LogP contribution in [0.3, 0.4) is 0 Å². The maximum absolute atomic E-state index is 11.5. The fourth-order valence-electron chi connectivity index (χ4n) is 3.29. The average Bonchev–Trinajstić information content (AvgIpc) is 2.92. The summed E-state index contributed by atoms with van der Waals surface area (Å²) in [6, 6.07) is 0. The Morgan fingerprint density at radius 1 is 0.585 bits per heavy atom. The van der Waals surface area contributed by atoms with E-state index in [9.17, 15) is 23.8 Å². The van der Waals surface area contributed by atoms with E-state index in [4.69, 9.17) is 23.5 Å². The van der Waals surface area contributed by atoms with Gasteiger partial charge in [0.15, 0.2) is 0 Å². The van der Waals surface area contributed by atoms with Crippen LogP contribution in [-0.4, -0.2) is 166 Å². The van der Waals surface area contributed by atoms with Crippen molar-refractivity contribution >= 4 is 25.5 Å². The van der Waals surface area contributed by atoms with Crippen molar-refractivity contribution in [2.24, 2.45) is 5.41 Å². The van der Waals surface area contributed by atoms with Gasteiger partial charge in [0.2, 0.25) is 17.7 Å². The van der Waals surface area contributed by atoms with Crippen LogP contribution in [-0.2, 0) is 46.9 Å². The van der Waals surface area contributed by atoms with E-state index in [1.807, 2.05) is 83.5 Å². The molecule has 0 aromatic rings. The van der Waals surface area contributed by atoms with E-state index in [1.54, 1.807) is 7.11 Å². The second-order valence-electron chi connectivity index (χ2n) is 17.6. The van der Waals surface area contributed by atoms with Crippen LogP contribution in [0.15, 0.2) is 0 Å². The third-order valence-corrected chi connectivity index (χ3v) is 7.02. The second-order valence-corrected chi connectivity index (χ2v) is 19.0. The molecule has 1 atom stereocenters. The number of rotatable bonds is 23. The lowest BCUT2D eigenvalue weighted by Gasteiger charge is -2.27. The van der Waals surface area contributed by atoms with E-state index in [0.717, 1.165) is 17.6 Å². The lowest BCUT2D eigenvalue weighted by atomic mass is 9.96. The summed E-state index contributed by atoms with van der Waals surface area (Å²) in [7, 11) is 9.44. The topological polar surface area (TPSA) is 183 Å². The number of methoxy groups -OCH3 is 1. The van der Waals surface area contributed by atoms with Crippen LogP contribution in [0.2, 0.25) is 0 Å². The average molecular weight is 789 g/mol. The summed E-state index contributed by atoms with van der Waals surface area (Å²) in [5.74, 6) is -0.130. The van der Waals surface area contributed by atoms with Gasteiger partial charge in [0.1, 0.15) is 13.2 Å². The number of likely N-dealkylation sites (N-methyl/N-ethyl adjacent to an activating group) is 2. The molecule has 0 aliphatic rings. The summed E-state index contributed by atoms with van der Waals surface area (Å²) in [5.41, 5.74) is -0.812. The van der Waals surface area contributed by atoms with E-state index in [0.29, 0.717) is 63.7 Å². The van der Waals surface area contributed by atoms with Gasteiger partial charge in [-0.25, -0.2) is 0 Å². The zero-order valence-corrected chi connectivity index (χ0v) is 37.1. The van der Waals surface area contributed by atoms with Crippen molar-refractivity contribution in [2.45, 2.75) is 86.2 Å². The molecule has 1 unspecified atom stereocenters. The van der Waals surface area contributed by atoms with Crippen LogP contribution in [0.1, 0.15) is 75.2 Å². The summed E-state index contributed by atoms with van der Waals surface area (Å²) in [6.07, 6.45) is 0.347. The number of carbonyl (C=O) groups is 3. The van der Waals surface area contributed by atoms with Gasteiger partial charge in [0.25, 0.3) is 7.82 Å². The molecule has 16 nitrogen and oxygen atoms in total. The third kappa shape index (κ3) is 48.3. The Labute approximate surface area is 322 Å². The first-order chi connectivity index (χ1) is 23.9. The number of ether oxygens (including phenoxy) is 4. The molecule has 0 spiro atoms. The van der Waals surface area contributed by atoms with Crippen molar-refractivity contribution in [3.63, 3.8) is 0 Å². The van der Waals surface area contributed by atoms with Crippen LogP contribution in [0.4, 0.5) is 0 Å². The minimum Gasteiger partial charge on any atom is -0.756 e. The third-order valence-electron chi connectivity index (χ3n) is 6.02. The van der Waals surface area contributed by atoms with Crippen molar-refractivity contribution < 1.29 is 60.8 Å². The highest BCUT2D eigenvalue weighted by Crippen LogP contribution is 2.38. The number of hydrogen-bond acceptors (Lipinski definition) is 11. The molecule has 17 heteroatoms. The molecule has 0 saturated carbocycles. The molecule has 53 heavy (non-hydrogen) atoms. The predicted octanol–water partition coefficient (Wildman–Crippen LogP) is 2.34. The molecular formula is C36H79N5O11P+. The van der Waals surface area contributed by atoms with Gasteiger partial charge < -0.3 is 57.8 Å². The van der Waals surface area contributed by atoms with Crippen molar-refractivity contribution in [3.8, 4) is 0 Å². The maximum Gasteiger partial charge on any atom is 0.268 e. The monoisotopic (exact) mass is 789 g/mol. The quantitative estimate of drug-likeness (QED) is 0.0786. The lowest BCUT2D eigenvalue weighted by Crippen LogP contribution is -2.44. The smallest absolute Gasteiger partial charge is 0.268 e. The van der Waals surface area contributed by atoms with E-state index in [2.05, 4.69) is 41.6 Å². The zero-order chi connectivity index (χ0) is 42.0. The molecule has 0 aromatic heterocycles. The Kier molecular flexibility index (Phi) is 29.2. The summed E-state index contributed by atoms with van der Waals surface area (Å²) in [5, 5.41) is 8.52. The van der Waals surface area contributed by atoms with Crippen LogP contribution in [0, 0.1) is 5.41 Å². The molecule has 0 bridgehead atoms. The van der Waals surface area contributed by atoms with Crippen LogP contribution in [0.25, 0.3) is 0 Å². The zero-order valence-electron chi connectivity index (χ0n) is 36.2. The number of phosphoric acid groups is 1. The van der Waals surface area contributed by atoms with Crippen molar-refractivity contribution in [3.05, 3.63) is 0 Å². The molecule has 0 aliphatic carbocycles. The molecule has 3 N–H and O–H groups in total. The minimum atomic E-state index is -4.33. The fraction of sp³-hybridized carbons (Fsp3) is 0.917. The number of hydrogen-bond donors (Lipinski definition) is 3. The highest BCUT2D eigenvalue weighted by atomic mass is 31.2. The van der Waals surface area contributed by atoms with Crippen molar-refractivity contribution in [2.75, 3.05) is 128 Å². The first-order valence-electron chi connectivity index (χ1n) is 18.2. The number of phosphoric ester groups is 1. The Bertz CT molecular complexity index is 1030. The first-order valence-corrected chi connectivity index (χ1v) is 19.7.